The number of rotatable bonds is 9. The van der Waals surface area contributed by atoms with Crippen LogP contribution in [0.2, 0.25) is 0 Å². The van der Waals surface area contributed by atoms with E-state index >= 15 is 0 Å². The van der Waals surface area contributed by atoms with E-state index in [4.69, 9.17) is 19.3 Å². The fourth-order valence-electron chi connectivity index (χ4n) is 3.81. The molecule has 2 aromatic rings. The number of aliphatic carboxylic acids is 1. The van der Waals surface area contributed by atoms with Crippen LogP contribution in [0.25, 0.3) is 5.57 Å². The molecule has 0 aromatic heterocycles. The number of aryl methyl sites for hydroxylation is 2. The number of morpholine rings is 1. The SMILES string of the molecule is CCC(=NN1CCOCC1)c1cc(C)c(OCc2ccccc2C(=COC)C(=O)O)cc1C. The van der Waals surface area contributed by atoms with Gasteiger partial charge in [0.1, 0.15) is 17.9 Å². The molecular formula is C26H32N2O5. The van der Waals surface area contributed by atoms with Gasteiger partial charge in [-0.2, -0.15) is 5.10 Å². The molecule has 0 radical (unpaired) electrons. The van der Waals surface area contributed by atoms with E-state index in [1.54, 1.807) is 12.1 Å². The van der Waals surface area contributed by atoms with Crippen molar-refractivity contribution >= 4 is 17.3 Å². The monoisotopic (exact) mass is 452 g/mol. The zero-order valence-electron chi connectivity index (χ0n) is 19.8. The number of carboxylic acid groups (broad SMARTS) is 1. The van der Waals surface area contributed by atoms with Gasteiger partial charge in [-0.25, -0.2) is 4.79 Å². The molecule has 2 aromatic carbocycles. The van der Waals surface area contributed by atoms with Crippen LogP contribution in [0, 0.1) is 13.8 Å². The molecule has 7 heteroatoms. The summed E-state index contributed by atoms with van der Waals surface area (Å²) in [5.74, 6) is -0.284. The molecule has 1 aliphatic rings. The van der Waals surface area contributed by atoms with Gasteiger partial charge in [0.15, 0.2) is 0 Å². The van der Waals surface area contributed by atoms with Crippen molar-refractivity contribution in [2.24, 2.45) is 5.10 Å². The maximum atomic E-state index is 11.7. The largest absolute Gasteiger partial charge is 0.503 e. The summed E-state index contributed by atoms with van der Waals surface area (Å²) in [6.07, 6.45) is 2.07. The molecule has 1 fully saturated rings. The average molecular weight is 453 g/mol. The summed E-state index contributed by atoms with van der Waals surface area (Å²) in [6.45, 7) is 9.45. The topological polar surface area (TPSA) is 80.6 Å². The number of benzene rings is 2. The summed E-state index contributed by atoms with van der Waals surface area (Å²) in [7, 11) is 1.43. The predicted octanol–water partition coefficient (Wildman–Crippen LogP) is 4.40. The van der Waals surface area contributed by atoms with Gasteiger partial charge in [-0.1, -0.05) is 31.2 Å². The van der Waals surface area contributed by atoms with Crippen molar-refractivity contribution in [3.63, 3.8) is 0 Å². The molecule has 0 spiro atoms. The summed E-state index contributed by atoms with van der Waals surface area (Å²) < 4.78 is 16.5. The van der Waals surface area contributed by atoms with Crippen LogP contribution in [0.4, 0.5) is 0 Å². The molecule has 33 heavy (non-hydrogen) atoms. The molecule has 1 saturated heterocycles. The quantitative estimate of drug-likeness (QED) is 0.345. The normalized spacial score (nSPS) is 14.8. The minimum Gasteiger partial charge on any atom is -0.503 e. The third-order valence-corrected chi connectivity index (χ3v) is 5.57. The highest BCUT2D eigenvalue weighted by Gasteiger charge is 2.17. The van der Waals surface area contributed by atoms with Gasteiger partial charge in [0.25, 0.3) is 0 Å². The first-order valence-electron chi connectivity index (χ1n) is 11.1. The van der Waals surface area contributed by atoms with E-state index in [1.165, 1.54) is 13.4 Å². The van der Waals surface area contributed by atoms with Crippen LogP contribution in [-0.4, -0.2) is 55.2 Å². The van der Waals surface area contributed by atoms with Gasteiger partial charge >= 0.3 is 5.97 Å². The highest BCUT2D eigenvalue weighted by Crippen LogP contribution is 2.27. The second-order valence-corrected chi connectivity index (χ2v) is 7.92. The lowest BCUT2D eigenvalue weighted by molar-refractivity contribution is -0.130. The Bertz CT molecular complexity index is 1040. The van der Waals surface area contributed by atoms with Gasteiger partial charge < -0.3 is 19.3 Å². The zero-order chi connectivity index (χ0) is 23.8. The lowest BCUT2D eigenvalue weighted by atomic mass is 9.99. The molecule has 7 nitrogen and oxygen atoms in total. The molecular weight excluding hydrogens is 420 g/mol. The summed E-state index contributed by atoms with van der Waals surface area (Å²) in [5, 5.41) is 16.5. The Kier molecular flexibility index (Phi) is 8.49. The molecule has 0 unspecified atom stereocenters. The number of hydrogen-bond donors (Lipinski definition) is 1. The average Bonchev–Trinajstić information content (AvgIpc) is 2.82. The lowest BCUT2D eigenvalue weighted by Crippen LogP contribution is -2.33. The van der Waals surface area contributed by atoms with E-state index in [1.807, 2.05) is 25.1 Å². The molecule has 0 bridgehead atoms. The van der Waals surface area contributed by atoms with Crippen LogP contribution in [-0.2, 0) is 20.9 Å². The first-order valence-corrected chi connectivity index (χ1v) is 11.1. The van der Waals surface area contributed by atoms with Gasteiger partial charge in [-0.05, 0) is 54.7 Å². The van der Waals surface area contributed by atoms with Gasteiger partial charge in [-0.15, -0.1) is 0 Å². The van der Waals surface area contributed by atoms with Gasteiger partial charge in [-0.3, -0.25) is 5.01 Å². The van der Waals surface area contributed by atoms with Crippen LogP contribution in [0.5, 0.6) is 5.75 Å². The fourth-order valence-corrected chi connectivity index (χ4v) is 3.81. The summed E-state index contributed by atoms with van der Waals surface area (Å²) in [4.78, 5) is 11.7. The van der Waals surface area contributed by atoms with E-state index < -0.39 is 5.97 Å². The highest BCUT2D eigenvalue weighted by atomic mass is 16.5. The molecule has 1 aliphatic heterocycles. The molecule has 3 rings (SSSR count). The molecule has 0 aliphatic carbocycles. The number of carbonyl (C=O) groups is 1. The number of nitrogens with zero attached hydrogens (tertiary/aromatic N) is 2. The number of hydrogen-bond acceptors (Lipinski definition) is 6. The molecule has 1 N–H and O–H groups in total. The fraction of sp³-hybridized carbons (Fsp3) is 0.385. The first-order chi connectivity index (χ1) is 15.9. The van der Waals surface area contributed by atoms with E-state index in [-0.39, 0.29) is 12.2 Å². The Balaban J connectivity index is 1.83. The van der Waals surface area contributed by atoms with Crippen molar-refractivity contribution in [1.29, 1.82) is 0 Å². The predicted molar refractivity (Wildman–Crippen MR) is 129 cm³/mol. The van der Waals surface area contributed by atoms with Crippen LogP contribution in [0.3, 0.4) is 0 Å². The first kappa shape index (κ1) is 24.3. The molecule has 176 valence electrons. The van der Waals surface area contributed by atoms with Crippen molar-refractivity contribution in [3.8, 4) is 5.75 Å². The molecule has 0 saturated carbocycles. The standard InChI is InChI=1S/C26H32N2O5/c1-5-24(27-28-10-12-32-13-11-28)22-14-19(3)25(15-18(22)2)33-16-20-8-6-7-9-21(20)23(17-31-4)26(29)30/h6-9,14-15,17H,5,10-13,16H2,1-4H3,(H,29,30). The molecule has 0 atom stereocenters. The van der Waals surface area contributed by atoms with Crippen molar-refractivity contribution in [3.05, 3.63) is 70.5 Å². The smallest absolute Gasteiger partial charge is 0.339 e. The molecule has 1 heterocycles. The Morgan fingerprint density at radius 1 is 1.15 bits per heavy atom. The Morgan fingerprint density at radius 2 is 1.88 bits per heavy atom. The van der Waals surface area contributed by atoms with E-state index in [2.05, 4.69) is 24.9 Å². The Morgan fingerprint density at radius 3 is 2.55 bits per heavy atom. The molecule has 0 amide bonds. The maximum Gasteiger partial charge on any atom is 0.339 e. The lowest BCUT2D eigenvalue weighted by Gasteiger charge is -2.25. The van der Waals surface area contributed by atoms with Crippen LogP contribution < -0.4 is 4.74 Å². The number of methoxy groups -OCH3 is 1. The van der Waals surface area contributed by atoms with E-state index in [0.29, 0.717) is 18.8 Å². The minimum atomic E-state index is -1.05. The second-order valence-electron chi connectivity index (χ2n) is 7.92. The van der Waals surface area contributed by atoms with Crippen LogP contribution in [0.15, 0.2) is 47.8 Å². The van der Waals surface area contributed by atoms with Crippen LogP contribution >= 0.6 is 0 Å². The number of ether oxygens (including phenoxy) is 3. The second kappa shape index (κ2) is 11.5. The van der Waals surface area contributed by atoms with E-state index in [0.717, 1.165) is 53.2 Å². The van der Waals surface area contributed by atoms with Gasteiger partial charge in [0, 0.05) is 5.56 Å². The Hall–Kier alpha value is -3.32. The van der Waals surface area contributed by atoms with Crippen molar-refractivity contribution in [2.75, 3.05) is 33.4 Å². The highest BCUT2D eigenvalue weighted by molar-refractivity contribution is 6.15. The summed E-state index contributed by atoms with van der Waals surface area (Å²) in [5.41, 5.74) is 5.68. The summed E-state index contributed by atoms with van der Waals surface area (Å²) in [6, 6.07) is 11.4. The van der Waals surface area contributed by atoms with Crippen molar-refractivity contribution in [2.45, 2.75) is 33.8 Å². The third kappa shape index (κ3) is 6.14. The van der Waals surface area contributed by atoms with Gasteiger partial charge in [0.2, 0.25) is 0 Å². The third-order valence-electron chi connectivity index (χ3n) is 5.57. The maximum absolute atomic E-state index is 11.7. The Labute approximate surface area is 195 Å². The number of hydrazone groups is 1. The van der Waals surface area contributed by atoms with Gasteiger partial charge in [0.05, 0.1) is 45.4 Å². The van der Waals surface area contributed by atoms with E-state index in [9.17, 15) is 9.90 Å². The minimum absolute atomic E-state index is 0.0897. The summed E-state index contributed by atoms with van der Waals surface area (Å²) >= 11 is 0. The number of carboxylic acids is 1. The zero-order valence-corrected chi connectivity index (χ0v) is 19.8. The van der Waals surface area contributed by atoms with Crippen LogP contribution in [0.1, 0.15) is 41.2 Å². The van der Waals surface area contributed by atoms with Crippen molar-refractivity contribution < 1.29 is 24.1 Å². The van der Waals surface area contributed by atoms with Crippen molar-refractivity contribution in [1.82, 2.24) is 5.01 Å².